The highest BCUT2D eigenvalue weighted by Crippen LogP contribution is 2.24. The van der Waals surface area contributed by atoms with E-state index in [1.54, 1.807) is 0 Å². The first-order chi connectivity index (χ1) is 16.2. The number of para-hydroxylation sites is 1. The van der Waals surface area contributed by atoms with Gasteiger partial charge in [0.25, 0.3) is 5.01 Å². The molecule has 0 radical (unpaired) electrons. The van der Waals surface area contributed by atoms with Gasteiger partial charge in [-0.1, -0.05) is 90.2 Å². The van der Waals surface area contributed by atoms with Gasteiger partial charge in [-0.05, 0) is 41.0 Å². The van der Waals surface area contributed by atoms with Gasteiger partial charge in [0.05, 0.1) is 0 Å². The van der Waals surface area contributed by atoms with Crippen molar-refractivity contribution in [3.05, 3.63) is 119 Å². The van der Waals surface area contributed by atoms with Gasteiger partial charge in [-0.2, -0.15) is 4.57 Å². The fourth-order valence-electron chi connectivity index (χ4n) is 4.01. The van der Waals surface area contributed by atoms with E-state index in [0.29, 0.717) is 0 Å². The van der Waals surface area contributed by atoms with Crippen molar-refractivity contribution in [2.45, 2.75) is 6.54 Å². The Morgan fingerprint density at radius 3 is 2.06 bits per heavy atom. The Morgan fingerprint density at radius 2 is 1.35 bits per heavy atom. The highest BCUT2D eigenvalue weighted by molar-refractivity contribution is 7.18. The van der Waals surface area contributed by atoms with Gasteiger partial charge in [-0.25, -0.2) is 0 Å². The summed E-state index contributed by atoms with van der Waals surface area (Å²) in [6.07, 6.45) is 4.45. The van der Waals surface area contributed by atoms with E-state index in [-0.39, 0.29) is 24.0 Å². The molecule has 1 heterocycles. The molecule has 0 spiro atoms. The van der Waals surface area contributed by atoms with Crippen LogP contribution in [-0.2, 0) is 6.54 Å². The Kier molecular flexibility index (Phi) is 7.80. The van der Waals surface area contributed by atoms with E-state index in [9.17, 15) is 0 Å². The fraction of sp³-hybridized carbons (Fsp3) is 0.100. The zero-order valence-electron chi connectivity index (χ0n) is 19.4. The second-order valence-electron chi connectivity index (χ2n) is 8.38. The zero-order chi connectivity index (χ0) is 22.6. The number of hydrogen-bond acceptors (Lipinski definition) is 2. The summed E-state index contributed by atoms with van der Waals surface area (Å²) in [4.78, 5) is 2.12. The molecule has 0 N–H and O–H groups in total. The van der Waals surface area contributed by atoms with Crippen LogP contribution in [0.25, 0.3) is 33.5 Å². The Hall–Kier alpha value is -2.96. The Labute approximate surface area is 222 Å². The van der Waals surface area contributed by atoms with Gasteiger partial charge in [0.15, 0.2) is 6.54 Å². The van der Waals surface area contributed by atoms with Gasteiger partial charge in [-0.3, -0.25) is 0 Å². The van der Waals surface area contributed by atoms with Crippen molar-refractivity contribution >= 4 is 39.4 Å². The summed E-state index contributed by atoms with van der Waals surface area (Å²) < 4.78 is 3.73. The number of rotatable bonds is 6. The molecule has 0 bridgehead atoms. The predicted octanol–water partition coefficient (Wildman–Crippen LogP) is 4.14. The lowest BCUT2D eigenvalue weighted by Crippen LogP contribution is -3.00. The summed E-state index contributed by atoms with van der Waals surface area (Å²) in [5, 5.41) is 1.25. The van der Waals surface area contributed by atoms with Crippen LogP contribution in [0.4, 0.5) is 5.69 Å². The second-order valence-corrected chi connectivity index (χ2v) is 9.44. The Balaban J connectivity index is 0.00000274. The summed E-state index contributed by atoms with van der Waals surface area (Å²) >= 11 is 1.84. The smallest absolute Gasteiger partial charge is 0.263 e. The minimum Gasteiger partial charge on any atom is -1.00 e. The van der Waals surface area contributed by atoms with E-state index in [0.717, 1.165) is 6.54 Å². The topological polar surface area (TPSA) is 7.12 Å². The van der Waals surface area contributed by atoms with Crippen LogP contribution in [0.1, 0.15) is 16.1 Å². The molecule has 0 atom stereocenters. The average molecular weight is 575 g/mol. The molecule has 0 aliphatic heterocycles. The molecular formula is C30H27IN2S. The van der Waals surface area contributed by atoms with E-state index >= 15 is 0 Å². The summed E-state index contributed by atoms with van der Waals surface area (Å²) in [6, 6.07) is 36.8. The fourth-order valence-corrected chi connectivity index (χ4v) is 5.07. The summed E-state index contributed by atoms with van der Waals surface area (Å²) in [6.45, 7) is 0.846. The first-order valence-corrected chi connectivity index (χ1v) is 12.0. The maximum Gasteiger partial charge on any atom is 0.263 e. The third kappa shape index (κ3) is 5.40. The molecule has 0 aliphatic rings. The predicted molar refractivity (Wildman–Crippen MR) is 143 cm³/mol. The summed E-state index contributed by atoms with van der Waals surface area (Å²) in [5.41, 5.74) is 7.49. The number of benzene rings is 4. The molecule has 0 saturated carbocycles. The molecule has 1 aromatic heterocycles. The molecule has 0 aliphatic carbocycles. The summed E-state index contributed by atoms with van der Waals surface area (Å²) in [7, 11) is 4.13. The minimum absolute atomic E-state index is 0. The van der Waals surface area contributed by atoms with Gasteiger partial charge in [0, 0.05) is 37.5 Å². The lowest BCUT2D eigenvalue weighted by Gasteiger charge is -2.11. The second kappa shape index (κ2) is 11.0. The van der Waals surface area contributed by atoms with Gasteiger partial charge in [-0.15, -0.1) is 0 Å². The monoisotopic (exact) mass is 574 g/mol. The van der Waals surface area contributed by atoms with Crippen molar-refractivity contribution in [3.63, 3.8) is 0 Å². The maximum atomic E-state index is 2.42. The van der Waals surface area contributed by atoms with Crippen LogP contribution in [-0.4, -0.2) is 14.1 Å². The first-order valence-electron chi connectivity index (χ1n) is 11.2. The quantitative estimate of drug-likeness (QED) is 0.219. The van der Waals surface area contributed by atoms with Crippen LogP contribution in [0, 0.1) is 0 Å². The number of aromatic nitrogens is 1. The van der Waals surface area contributed by atoms with Crippen molar-refractivity contribution in [1.29, 1.82) is 0 Å². The molecule has 4 heteroatoms. The SMILES string of the molecule is CN(C)c1ccc(/C=C/c2sc3ccccc3[n+]2Cc2ccc(-c3ccccc3)cc2)cc1.[I-]. The van der Waals surface area contributed by atoms with Gasteiger partial charge >= 0.3 is 0 Å². The first kappa shape index (κ1) is 24.2. The van der Waals surface area contributed by atoms with Crippen molar-refractivity contribution in [2.75, 3.05) is 19.0 Å². The molecule has 5 aromatic rings. The molecular weight excluding hydrogens is 547 g/mol. The number of halogens is 1. The molecule has 0 saturated heterocycles. The minimum atomic E-state index is 0. The normalized spacial score (nSPS) is 11.0. The van der Waals surface area contributed by atoms with Crippen LogP contribution in [0.3, 0.4) is 0 Å². The molecule has 2 nitrogen and oxygen atoms in total. The number of thiazole rings is 1. The molecule has 5 rings (SSSR count). The van der Waals surface area contributed by atoms with E-state index in [2.05, 4.69) is 139 Å². The van der Waals surface area contributed by atoms with E-state index in [1.807, 2.05) is 11.3 Å². The zero-order valence-corrected chi connectivity index (χ0v) is 22.3. The number of nitrogens with zero attached hydrogens (tertiary/aromatic N) is 2. The molecule has 4 aromatic carbocycles. The Morgan fingerprint density at radius 1 is 0.706 bits per heavy atom. The lowest BCUT2D eigenvalue weighted by molar-refractivity contribution is -0.659. The third-order valence-electron chi connectivity index (χ3n) is 5.87. The van der Waals surface area contributed by atoms with Crippen molar-refractivity contribution < 1.29 is 28.5 Å². The summed E-state index contributed by atoms with van der Waals surface area (Å²) in [5.74, 6) is 0. The third-order valence-corrected chi connectivity index (χ3v) is 7.00. The van der Waals surface area contributed by atoms with Gasteiger partial charge in [0.1, 0.15) is 4.70 Å². The van der Waals surface area contributed by atoms with Crippen LogP contribution < -0.4 is 33.4 Å². The van der Waals surface area contributed by atoms with E-state index < -0.39 is 0 Å². The standard InChI is InChI=1S/C30H27N2S.HI/c1-31(2)27-19-14-23(15-20-27)16-21-30-32(28-10-6-7-11-29(28)33-30)22-24-12-17-26(18-13-24)25-8-4-3-5-9-25;/h3-21H,22H2,1-2H3;1H/q+1;/p-1. The molecule has 0 amide bonds. The Bertz CT molecular complexity index is 1390. The van der Waals surface area contributed by atoms with Crippen LogP contribution in [0.5, 0.6) is 0 Å². The molecule has 0 unspecified atom stereocenters. The van der Waals surface area contributed by atoms with Gasteiger partial charge in [0.2, 0.25) is 5.52 Å². The van der Waals surface area contributed by atoms with Gasteiger partial charge < -0.3 is 28.9 Å². The van der Waals surface area contributed by atoms with Crippen molar-refractivity contribution in [3.8, 4) is 11.1 Å². The van der Waals surface area contributed by atoms with E-state index in [1.165, 1.54) is 43.2 Å². The van der Waals surface area contributed by atoms with Crippen molar-refractivity contribution in [2.24, 2.45) is 0 Å². The van der Waals surface area contributed by atoms with Crippen LogP contribution in [0.15, 0.2) is 103 Å². The highest BCUT2D eigenvalue weighted by Gasteiger charge is 2.18. The average Bonchev–Trinajstić information content (AvgIpc) is 3.21. The molecule has 0 fully saturated rings. The van der Waals surface area contributed by atoms with E-state index in [4.69, 9.17) is 0 Å². The molecule has 170 valence electrons. The number of fused-ring (bicyclic) bond motifs is 1. The van der Waals surface area contributed by atoms with Crippen molar-refractivity contribution in [1.82, 2.24) is 0 Å². The highest BCUT2D eigenvalue weighted by atomic mass is 127. The largest absolute Gasteiger partial charge is 1.00 e. The lowest BCUT2D eigenvalue weighted by atomic mass is 10.0. The molecule has 34 heavy (non-hydrogen) atoms. The number of hydrogen-bond donors (Lipinski definition) is 0. The van der Waals surface area contributed by atoms with Crippen LogP contribution in [0.2, 0.25) is 0 Å². The maximum absolute atomic E-state index is 2.42. The number of anilines is 1. The van der Waals surface area contributed by atoms with Crippen LogP contribution >= 0.6 is 11.3 Å².